The molecule has 0 aromatic carbocycles. The standard InChI is InChI=1S/C17H27NO/c1-3-12-18-17(14-9-7-5-6-8-10-14)15-11-13-19-16(15)4-2/h9,11,13,17-18H,3-8,10,12H2,1-2H3. The van der Waals surface area contributed by atoms with Crippen molar-refractivity contribution in [2.24, 2.45) is 0 Å². The van der Waals surface area contributed by atoms with Crippen LogP contribution < -0.4 is 5.32 Å². The Morgan fingerprint density at radius 3 is 2.95 bits per heavy atom. The molecule has 1 unspecified atom stereocenters. The van der Waals surface area contributed by atoms with Gasteiger partial charge in [0.1, 0.15) is 5.76 Å². The van der Waals surface area contributed by atoms with E-state index in [4.69, 9.17) is 4.42 Å². The monoisotopic (exact) mass is 261 g/mol. The molecule has 106 valence electrons. The maximum Gasteiger partial charge on any atom is 0.108 e. The molecule has 1 heterocycles. The smallest absolute Gasteiger partial charge is 0.108 e. The molecule has 0 bridgehead atoms. The molecule has 0 amide bonds. The highest BCUT2D eigenvalue weighted by molar-refractivity contribution is 5.30. The highest BCUT2D eigenvalue weighted by atomic mass is 16.3. The van der Waals surface area contributed by atoms with Crippen LogP contribution in [0.4, 0.5) is 0 Å². The zero-order chi connectivity index (χ0) is 13.5. The van der Waals surface area contributed by atoms with Gasteiger partial charge in [0.2, 0.25) is 0 Å². The Morgan fingerprint density at radius 1 is 1.26 bits per heavy atom. The van der Waals surface area contributed by atoms with E-state index in [1.54, 1.807) is 5.57 Å². The lowest BCUT2D eigenvalue weighted by Crippen LogP contribution is -2.24. The summed E-state index contributed by atoms with van der Waals surface area (Å²) in [5, 5.41) is 3.72. The van der Waals surface area contributed by atoms with Crippen molar-refractivity contribution in [3.05, 3.63) is 35.3 Å². The van der Waals surface area contributed by atoms with E-state index in [0.29, 0.717) is 6.04 Å². The van der Waals surface area contributed by atoms with Gasteiger partial charge in [-0.15, -0.1) is 0 Å². The van der Waals surface area contributed by atoms with Crippen LogP contribution in [0.1, 0.15) is 69.7 Å². The summed E-state index contributed by atoms with van der Waals surface area (Å²) in [4.78, 5) is 0. The van der Waals surface area contributed by atoms with Crippen LogP contribution in [0.5, 0.6) is 0 Å². The van der Waals surface area contributed by atoms with Gasteiger partial charge < -0.3 is 9.73 Å². The molecule has 2 nitrogen and oxygen atoms in total. The SMILES string of the molecule is CCCNC(C1=CCCCCC1)c1ccoc1CC. The molecule has 1 aliphatic rings. The van der Waals surface area contributed by atoms with Gasteiger partial charge in [-0.1, -0.05) is 31.9 Å². The number of nitrogens with one attached hydrogen (secondary N) is 1. The molecule has 1 N–H and O–H groups in total. The molecule has 0 radical (unpaired) electrons. The molecule has 0 saturated heterocycles. The van der Waals surface area contributed by atoms with Crippen LogP contribution in [0.15, 0.2) is 28.4 Å². The summed E-state index contributed by atoms with van der Waals surface area (Å²) in [6.45, 7) is 5.46. The van der Waals surface area contributed by atoms with Crippen molar-refractivity contribution in [3.8, 4) is 0 Å². The van der Waals surface area contributed by atoms with Crippen LogP contribution in [0, 0.1) is 0 Å². The molecule has 1 atom stereocenters. The first-order chi connectivity index (χ1) is 9.36. The van der Waals surface area contributed by atoms with Crippen molar-refractivity contribution in [1.29, 1.82) is 0 Å². The zero-order valence-corrected chi connectivity index (χ0v) is 12.4. The van der Waals surface area contributed by atoms with Gasteiger partial charge in [0.25, 0.3) is 0 Å². The predicted octanol–water partition coefficient (Wildman–Crippen LogP) is 4.77. The Bertz CT molecular complexity index is 405. The zero-order valence-electron chi connectivity index (χ0n) is 12.4. The van der Waals surface area contributed by atoms with E-state index in [2.05, 4.69) is 31.3 Å². The van der Waals surface area contributed by atoms with Gasteiger partial charge in [-0.25, -0.2) is 0 Å². The fourth-order valence-electron chi connectivity index (χ4n) is 2.93. The number of allylic oxidation sites excluding steroid dienone is 1. The minimum absolute atomic E-state index is 0.367. The maximum absolute atomic E-state index is 5.63. The second-order valence-electron chi connectivity index (χ2n) is 5.42. The van der Waals surface area contributed by atoms with Gasteiger partial charge >= 0.3 is 0 Å². The highest BCUT2D eigenvalue weighted by Crippen LogP contribution is 2.31. The average Bonchev–Trinajstić information content (AvgIpc) is 2.74. The van der Waals surface area contributed by atoms with Gasteiger partial charge in [-0.3, -0.25) is 0 Å². The number of hydrogen-bond acceptors (Lipinski definition) is 2. The molecule has 1 aromatic heterocycles. The summed E-state index contributed by atoms with van der Waals surface area (Å²) in [5.41, 5.74) is 2.92. The number of furan rings is 1. The largest absolute Gasteiger partial charge is 0.469 e. The van der Waals surface area contributed by atoms with Gasteiger partial charge in [0.15, 0.2) is 0 Å². The van der Waals surface area contributed by atoms with Crippen molar-refractivity contribution < 1.29 is 4.42 Å². The Kier molecular flexibility index (Phi) is 5.71. The fraction of sp³-hybridized carbons (Fsp3) is 0.647. The van der Waals surface area contributed by atoms with Crippen molar-refractivity contribution in [3.63, 3.8) is 0 Å². The van der Waals surface area contributed by atoms with Crippen LogP contribution in [0.3, 0.4) is 0 Å². The molecule has 0 aliphatic heterocycles. The molecule has 2 rings (SSSR count). The topological polar surface area (TPSA) is 25.2 Å². The van der Waals surface area contributed by atoms with Gasteiger partial charge in [0, 0.05) is 12.0 Å². The maximum atomic E-state index is 5.63. The minimum atomic E-state index is 0.367. The minimum Gasteiger partial charge on any atom is -0.469 e. The van der Waals surface area contributed by atoms with E-state index >= 15 is 0 Å². The van der Waals surface area contributed by atoms with Crippen molar-refractivity contribution in [2.45, 2.75) is 64.8 Å². The van der Waals surface area contributed by atoms with Gasteiger partial charge in [-0.05, 0) is 44.7 Å². The quantitative estimate of drug-likeness (QED) is 0.746. The van der Waals surface area contributed by atoms with Crippen molar-refractivity contribution in [1.82, 2.24) is 5.32 Å². The van der Waals surface area contributed by atoms with Crippen LogP contribution in [-0.4, -0.2) is 6.54 Å². The van der Waals surface area contributed by atoms with Crippen LogP contribution in [0.2, 0.25) is 0 Å². The highest BCUT2D eigenvalue weighted by Gasteiger charge is 2.21. The van der Waals surface area contributed by atoms with E-state index in [1.165, 1.54) is 44.1 Å². The van der Waals surface area contributed by atoms with Gasteiger partial charge in [0.05, 0.1) is 12.3 Å². The summed E-state index contributed by atoms with van der Waals surface area (Å²) in [5.74, 6) is 1.14. The lowest BCUT2D eigenvalue weighted by molar-refractivity contribution is 0.495. The molecular formula is C17H27NO. The van der Waals surface area contributed by atoms with Crippen molar-refractivity contribution >= 4 is 0 Å². The molecule has 1 aromatic rings. The Morgan fingerprint density at radius 2 is 2.16 bits per heavy atom. The third-order valence-electron chi connectivity index (χ3n) is 3.96. The molecule has 0 fully saturated rings. The number of aryl methyl sites for hydroxylation is 1. The summed E-state index contributed by atoms with van der Waals surface area (Å²) in [6, 6.07) is 2.52. The Labute approximate surface area is 117 Å². The molecule has 2 heteroatoms. The van der Waals surface area contributed by atoms with E-state index in [9.17, 15) is 0 Å². The molecular weight excluding hydrogens is 234 g/mol. The van der Waals surface area contributed by atoms with Gasteiger partial charge in [-0.2, -0.15) is 0 Å². The number of rotatable bonds is 6. The second kappa shape index (κ2) is 7.54. The first kappa shape index (κ1) is 14.4. The summed E-state index contributed by atoms with van der Waals surface area (Å²) in [6.07, 6.45) is 13.0. The Hall–Kier alpha value is -1.02. The van der Waals surface area contributed by atoms with E-state index < -0.39 is 0 Å². The number of hydrogen-bond donors (Lipinski definition) is 1. The third-order valence-corrected chi connectivity index (χ3v) is 3.96. The lowest BCUT2D eigenvalue weighted by Gasteiger charge is -2.22. The summed E-state index contributed by atoms with van der Waals surface area (Å²) >= 11 is 0. The van der Waals surface area contributed by atoms with Crippen LogP contribution in [0.25, 0.3) is 0 Å². The summed E-state index contributed by atoms with van der Waals surface area (Å²) in [7, 11) is 0. The van der Waals surface area contributed by atoms with Crippen LogP contribution >= 0.6 is 0 Å². The lowest BCUT2D eigenvalue weighted by atomic mass is 9.94. The second-order valence-corrected chi connectivity index (χ2v) is 5.42. The van der Waals surface area contributed by atoms with E-state index in [1.807, 2.05) is 6.26 Å². The normalized spacial score (nSPS) is 17.9. The third kappa shape index (κ3) is 3.73. The Balaban J connectivity index is 2.21. The average molecular weight is 261 g/mol. The molecule has 0 spiro atoms. The molecule has 0 saturated carbocycles. The van der Waals surface area contributed by atoms with Crippen molar-refractivity contribution in [2.75, 3.05) is 6.54 Å². The predicted molar refractivity (Wildman–Crippen MR) is 80.3 cm³/mol. The first-order valence-electron chi connectivity index (χ1n) is 7.85. The summed E-state index contributed by atoms with van der Waals surface area (Å²) < 4.78 is 5.63. The van der Waals surface area contributed by atoms with E-state index in [0.717, 1.165) is 18.7 Å². The fourth-order valence-corrected chi connectivity index (χ4v) is 2.93. The van der Waals surface area contributed by atoms with E-state index in [-0.39, 0.29) is 0 Å². The molecule has 19 heavy (non-hydrogen) atoms. The van der Waals surface area contributed by atoms with Crippen LogP contribution in [-0.2, 0) is 6.42 Å². The molecule has 1 aliphatic carbocycles. The first-order valence-corrected chi connectivity index (χ1v) is 7.85.